The van der Waals surface area contributed by atoms with Gasteiger partial charge in [0.1, 0.15) is 16.8 Å². The number of esters is 1. The van der Waals surface area contributed by atoms with Gasteiger partial charge in [-0.25, -0.2) is 4.98 Å². The quantitative estimate of drug-likeness (QED) is 0.364. The molecule has 0 fully saturated rings. The van der Waals surface area contributed by atoms with E-state index < -0.39 is 0 Å². The number of benzene rings is 2. The fraction of sp³-hybridized carbons (Fsp3) is 0.263. The van der Waals surface area contributed by atoms with Crippen molar-refractivity contribution in [3.05, 3.63) is 58.9 Å². The third-order valence-corrected chi connectivity index (χ3v) is 4.50. The Bertz CT molecular complexity index is 928. The van der Waals surface area contributed by atoms with E-state index in [0.717, 1.165) is 5.56 Å². The topological polar surface area (TPSA) is 44.1 Å². The zero-order chi connectivity index (χ0) is 18.7. The molecule has 0 aliphatic rings. The maximum absolute atomic E-state index is 14.1. The van der Waals surface area contributed by atoms with Crippen LogP contribution in [-0.2, 0) is 11.2 Å². The summed E-state index contributed by atoms with van der Waals surface area (Å²) in [6.07, 6.45) is 1.31. The van der Waals surface area contributed by atoms with E-state index in [0.29, 0.717) is 34.5 Å². The number of thiol groups is 1. The number of aromatic nitrogens is 2. The van der Waals surface area contributed by atoms with Crippen LogP contribution in [0.2, 0.25) is 5.28 Å². The number of carbonyl (C=O) groups excluding carboxylic acids is 1. The first-order valence-electron chi connectivity index (χ1n) is 8.24. The van der Waals surface area contributed by atoms with Gasteiger partial charge >= 0.3 is 5.97 Å². The Hall–Kier alpha value is -2.05. The van der Waals surface area contributed by atoms with Crippen LogP contribution in [0, 0.1) is 0 Å². The van der Waals surface area contributed by atoms with Crippen LogP contribution < -0.4 is 4.74 Å². The molecule has 0 amide bonds. The number of halogens is 2. The lowest BCUT2D eigenvalue weighted by molar-refractivity contribution is -0.134. The summed E-state index contributed by atoms with van der Waals surface area (Å²) in [5.41, 5.74) is 2.24. The highest BCUT2D eigenvalue weighted by Gasteiger charge is 2.19. The average Bonchev–Trinajstić information content (AvgIpc) is 2.91. The normalized spacial score (nSPS) is 12.3. The lowest BCUT2D eigenvalue weighted by Crippen LogP contribution is -2.11. The van der Waals surface area contributed by atoms with Crippen molar-refractivity contribution in [3.8, 4) is 5.75 Å². The molecule has 0 saturated heterocycles. The molecule has 0 radical (unpaired) electrons. The summed E-state index contributed by atoms with van der Waals surface area (Å²) in [7, 11) is 0. The van der Waals surface area contributed by atoms with Crippen LogP contribution in [0.25, 0.3) is 11.0 Å². The fourth-order valence-corrected chi connectivity index (χ4v) is 3.00. The van der Waals surface area contributed by atoms with E-state index in [-0.39, 0.29) is 28.4 Å². The maximum Gasteiger partial charge on any atom is 0.311 e. The second kappa shape index (κ2) is 8.10. The number of ether oxygens (including phenoxy) is 1. The van der Waals surface area contributed by atoms with Gasteiger partial charge in [-0.1, -0.05) is 41.7 Å². The minimum Gasteiger partial charge on any atom is -0.426 e. The molecule has 0 spiro atoms. The van der Waals surface area contributed by atoms with Crippen molar-refractivity contribution in [2.24, 2.45) is 0 Å². The molecule has 0 saturated carbocycles. The second-order valence-corrected chi connectivity index (χ2v) is 7.32. The van der Waals surface area contributed by atoms with Crippen LogP contribution in [0.5, 0.6) is 5.75 Å². The number of rotatable bonds is 6. The Balaban J connectivity index is 1.99. The van der Waals surface area contributed by atoms with Gasteiger partial charge in [0.25, 0.3) is 0 Å². The summed E-state index contributed by atoms with van der Waals surface area (Å²) in [5.74, 6) is 0.0123. The van der Waals surface area contributed by atoms with E-state index in [4.69, 9.17) is 16.3 Å². The summed E-state index contributed by atoms with van der Waals surface area (Å²) in [6, 6.07) is 12.7. The Kier molecular flexibility index (Phi) is 5.84. The standard InChI is InChI=1S/C19H18ClFN2O2S/c1-12(26)7-10-17(24)25-16-9-8-15-18(22-19(20)23(15)21)14(16)11-13-5-3-2-4-6-13/h2-6,8-9,12,26H,7,10-11H2,1H3. The van der Waals surface area contributed by atoms with Gasteiger partial charge in [-0.15, -0.1) is 4.79 Å². The van der Waals surface area contributed by atoms with Gasteiger partial charge in [-0.05, 0) is 41.0 Å². The van der Waals surface area contributed by atoms with Crippen molar-refractivity contribution in [2.75, 3.05) is 0 Å². The molecule has 0 aliphatic heterocycles. The molecular formula is C19H18ClFN2O2S. The van der Waals surface area contributed by atoms with Crippen LogP contribution in [0.3, 0.4) is 0 Å². The van der Waals surface area contributed by atoms with Crippen LogP contribution in [-0.4, -0.2) is 21.0 Å². The molecule has 136 valence electrons. The Morgan fingerprint density at radius 2 is 2.04 bits per heavy atom. The Labute approximate surface area is 161 Å². The zero-order valence-electron chi connectivity index (χ0n) is 14.2. The van der Waals surface area contributed by atoms with E-state index in [1.165, 1.54) is 6.07 Å². The van der Waals surface area contributed by atoms with Gasteiger partial charge in [0.15, 0.2) is 0 Å². The molecule has 3 rings (SSSR count). The largest absolute Gasteiger partial charge is 0.426 e. The number of imidazole rings is 1. The smallest absolute Gasteiger partial charge is 0.311 e. The van der Waals surface area contributed by atoms with Crippen LogP contribution in [0.4, 0.5) is 4.48 Å². The van der Waals surface area contributed by atoms with Crippen molar-refractivity contribution in [2.45, 2.75) is 31.4 Å². The van der Waals surface area contributed by atoms with E-state index >= 15 is 0 Å². The van der Waals surface area contributed by atoms with Crippen LogP contribution in [0.15, 0.2) is 42.5 Å². The molecule has 0 N–H and O–H groups in total. The van der Waals surface area contributed by atoms with Crippen LogP contribution >= 0.6 is 24.2 Å². The van der Waals surface area contributed by atoms with E-state index in [1.54, 1.807) is 6.07 Å². The van der Waals surface area contributed by atoms with Gasteiger partial charge in [-0.2, -0.15) is 12.6 Å². The molecule has 0 aliphatic carbocycles. The lowest BCUT2D eigenvalue weighted by atomic mass is 10.0. The summed E-state index contributed by atoms with van der Waals surface area (Å²) in [6.45, 7) is 1.92. The molecule has 2 aromatic carbocycles. The molecule has 1 atom stereocenters. The number of fused-ring (bicyclic) bond motifs is 1. The van der Waals surface area contributed by atoms with Crippen molar-refractivity contribution >= 4 is 41.2 Å². The molecule has 1 unspecified atom stereocenters. The van der Waals surface area contributed by atoms with E-state index in [2.05, 4.69) is 17.6 Å². The Morgan fingerprint density at radius 1 is 1.31 bits per heavy atom. The molecule has 0 bridgehead atoms. The predicted octanol–water partition coefficient (Wildman–Crippen LogP) is 5.02. The van der Waals surface area contributed by atoms with Gasteiger partial charge in [0, 0.05) is 18.4 Å². The van der Waals surface area contributed by atoms with Gasteiger partial charge in [0.05, 0.1) is 0 Å². The molecule has 1 heterocycles. The number of nitrogens with zero attached hydrogens (tertiary/aromatic N) is 2. The highest BCUT2D eigenvalue weighted by Crippen LogP contribution is 2.32. The first-order valence-corrected chi connectivity index (χ1v) is 9.13. The fourth-order valence-electron chi connectivity index (χ4n) is 2.69. The van der Waals surface area contributed by atoms with Crippen molar-refractivity contribution in [1.82, 2.24) is 9.77 Å². The zero-order valence-corrected chi connectivity index (χ0v) is 15.8. The average molecular weight is 393 g/mol. The van der Waals surface area contributed by atoms with E-state index in [1.807, 2.05) is 37.3 Å². The maximum atomic E-state index is 14.1. The van der Waals surface area contributed by atoms with Crippen molar-refractivity contribution in [1.29, 1.82) is 0 Å². The molecular weight excluding hydrogens is 375 g/mol. The molecule has 4 nitrogen and oxygen atoms in total. The van der Waals surface area contributed by atoms with Crippen molar-refractivity contribution in [3.63, 3.8) is 0 Å². The SMILES string of the molecule is CC(S)CCC(=O)Oc1ccc2c(nc(Cl)n2F)c1Cc1ccccc1. The molecule has 26 heavy (non-hydrogen) atoms. The number of carbonyl (C=O) groups is 1. The first kappa shape index (κ1) is 18.7. The van der Waals surface area contributed by atoms with Gasteiger partial charge in [-0.3, -0.25) is 4.79 Å². The lowest BCUT2D eigenvalue weighted by Gasteiger charge is -2.12. The highest BCUT2D eigenvalue weighted by molar-refractivity contribution is 7.80. The summed E-state index contributed by atoms with van der Waals surface area (Å²) < 4.78 is 19.6. The highest BCUT2D eigenvalue weighted by atomic mass is 35.5. The third-order valence-electron chi connectivity index (χ3n) is 4.01. The number of hydrogen-bond acceptors (Lipinski definition) is 4. The summed E-state index contributed by atoms with van der Waals surface area (Å²) >= 11 is 10.1. The third kappa shape index (κ3) is 4.19. The van der Waals surface area contributed by atoms with Crippen LogP contribution in [0.1, 0.15) is 30.9 Å². The second-order valence-electron chi connectivity index (χ2n) is 6.10. The minimum absolute atomic E-state index is 0.106. The Morgan fingerprint density at radius 3 is 2.73 bits per heavy atom. The summed E-state index contributed by atoms with van der Waals surface area (Å²) in [4.78, 5) is 16.6. The number of hydrogen-bond donors (Lipinski definition) is 1. The predicted molar refractivity (Wildman–Crippen MR) is 104 cm³/mol. The van der Waals surface area contributed by atoms with E-state index in [9.17, 15) is 9.28 Å². The molecule has 3 aromatic rings. The summed E-state index contributed by atoms with van der Waals surface area (Å²) in [5, 5.41) is -0.156. The van der Waals surface area contributed by atoms with Gasteiger partial charge in [0.2, 0.25) is 5.28 Å². The van der Waals surface area contributed by atoms with Crippen molar-refractivity contribution < 1.29 is 14.0 Å². The minimum atomic E-state index is -0.356. The van der Waals surface area contributed by atoms with Gasteiger partial charge < -0.3 is 4.74 Å². The first-order chi connectivity index (χ1) is 12.5. The monoisotopic (exact) mass is 392 g/mol. The molecule has 7 heteroatoms. The molecule has 1 aromatic heterocycles.